The highest BCUT2D eigenvalue weighted by Gasteiger charge is 2.12. The van der Waals surface area contributed by atoms with Gasteiger partial charge in [0.2, 0.25) is 0 Å². The molecule has 1 unspecified atom stereocenters. The van der Waals surface area contributed by atoms with E-state index in [0.717, 1.165) is 21.4 Å². The molecule has 1 atom stereocenters. The van der Waals surface area contributed by atoms with E-state index in [-0.39, 0.29) is 0 Å². The predicted octanol–water partition coefficient (Wildman–Crippen LogP) is 2.77. The molecule has 1 N–H and O–H groups in total. The molecule has 2 aromatic rings. The van der Waals surface area contributed by atoms with Crippen molar-refractivity contribution >= 4 is 15.9 Å². The van der Waals surface area contributed by atoms with Gasteiger partial charge < -0.3 is 9.67 Å². The Morgan fingerprint density at radius 2 is 2.18 bits per heavy atom. The highest BCUT2D eigenvalue weighted by molar-refractivity contribution is 9.10. The van der Waals surface area contributed by atoms with Crippen LogP contribution in [0.1, 0.15) is 23.1 Å². The standard InChI is InChI=1S/C13H15BrN2O/c1-9-5-10(7-11(14)6-9)12(17)8-13-15-3-4-16(13)2/h3-7,12,17H,8H2,1-2H3. The minimum Gasteiger partial charge on any atom is -0.388 e. The molecule has 0 aliphatic carbocycles. The summed E-state index contributed by atoms with van der Waals surface area (Å²) in [5, 5.41) is 10.2. The van der Waals surface area contributed by atoms with Gasteiger partial charge in [-0.25, -0.2) is 4.98 Å². The van der Waals surface area contributed by atoms with Crippen molar-refractivity contribution in [2.75, 3.05) is 0 Å². The normalized spacial score (nSPS) is 12.7. The third-order valence-electron chi connectivity index (χ3n) is 2.75. The molecule has 17 heavy (non-hydrogen) atoms. The van der Waals surface area contributed by atoms with Crippen molar-refractivity contribution in [3.63, 3.8) is 0 Å². The van der Waals surface area contributed by atoms with E-state index in [1.54, 1.807) is 6.20 Å². The maximum absolute atomic E-state index is 10.2. The van der Waals surface area contributed by atoms with Gasteiger partial charge in [0.1, 0.15) is 5.82 Å². The van der Waals surface area contributed by atoms with E-state index < -0.39 is 6.10 Å². The van der Waals surface area contributed by atoms with Gasteiger partial charge >= 0.3 is 0 Å². The van der Waals surface area contributed by atoms with Crippen molar-refractivity contribution in [3.05, 3.63) is 52.0 Å². The van der Waals surface area contributed by atoms with E-state index in [0.29, 0.717) is 6.42 Å². The second-order valence-corrected chi connectivity index (χ2v) is 5.15. The van der Waals surface area contributed by atoms with Crippen LogP contribution in [-0.2, 0) is 13.5 Å². The van der Waals surface area contributed by atoms with Crippen LogP contribution in [0.3, 0.4) is 0 Å². The molecule has 0 radical (unpaired) electrons. The fourth-order valence-electron chi connectivity index (χ4n) is 1.84. The minimum absolute atomic E-state index is 0.521. The second-order valence-electron chi connectivity index (χ2n) is 4.24. The summed E-state index contributed by atoms with van der Waals surface area (Å²) in [7, 11) is 1.93. The first kappa shape index (κ1) is 12.3. The molecular formula is C13H15BrN2O. The highest BCUT2D eigenvalue weighted by Crippen LogP contribution is 2.22. The van der Waals surface area contributed by atoms with E-state index in [9.17, 15) is 5.11 Å². The number of hydrogen-bond acceptors (Lipinski definition) is 2. The van der Waals surface area contributed by atoms with Gasteiger partial charge in [0.15, 0.2) is 0 Å². The third kappa shape index (κ3) is 2.96. The largest absolute Gasteiger partial charge is 0.388 e. The summed E-state index contributed by atoms with van der Waals surface area (Å²) >= 11 is 3.44. The number of nitrogens with zero attached hydrogens (tertiary/aromatic N) is 2. The minimum atomic E-state index is -0.521. The van der Waals surface area contributed by atoms with Gasteiger partial charge in [0.05, 0.1) is 6.10 Å². The van der Waals surface area contributed by atoms with Crippen molar-refractivity contribution < 1.29 is 5.11 Å². The zero-order chi connectivity index (χ0) is 12.4. The van der Waals surface area contributed by atoms with Crippen LogP contribution in [0, 0.1) is 6.92 Å². The number of rotatable bonds is 3. The number of aliphatic hydroxyl groups is 1. The Balaban J connectivity index is 2.20. The molecule has 1 aromatic carbocycles. The molecule has 0 bridgehead atoms. The second kappa shape index (κ2) is 5.02. The lowest BCUT2D eigenvalue weighted by molar-refractivity contribution is 0.174. The molecule has 4 heteroatoms. The SMILES string of the molecule is Cc1cc(Br)cc(C(O)Cc2nccn2C)c1. The van der Waals surface area contributed by atoms with Crippen molar-refractivity contribution in [1.82, 2.24) is 9.55 Å². The quantitative estimate of drug-likeness (QED) is 0.945. The van der Waals surface area contributed by atoms with E-state index in [1.165, 1.54) is 0 Å². The first-order chi connectivity index (χ1) is 8.06. The maximum Gasteiger partial charge on any atom is 0.111 e. The molecule has 0 aliphatic heterocycles. The monoisotopic (exact) mass is 294 g/mol. The smallest absolute Gasteiger partial charge is 0.111 e. The predicted molar refractivity (Wildman–Crippen MR) is 70.8 cm³/mol. The topological polar surface area (TPSA) is 38.1 Å². The molecule has 0 amide bonds. The Hall–Kier alpha value is -1.13. The van der Waals surface area contributed by atoms with Crippen LogP contribution < -0.4 is 0 Å². The van der Waals surface area contributed by atoms with Gasteiger partial charge in [0.25, 0.3) is 0 Å². The molecule has 1 aromatic heterocycles. The van der Waals surface area contributed by atoms with E-state index in [1.807, 2.05) is 42.9 Å². The molecule has 0 spiro atoms. The average molecular weight is 295 g/mol. The summed E-state index contributed by atoms with van der Waals surface area (Å²) in [6, 6.07) is 5.97. The van der Waals surface area contributed by atoms with Gasteiger partial charge in [-0.2, -0.15) is 0 Å². The van der Waals surface area contributed by atoms with E-state index >= 15 is 0 Å². The fourth-order valence-corrected chi connectivity index (χ4v) is 2.47. The maximum atomic E-state index is 10.2. The zero-order valence-corrected chi connectivity index (χ0v) is 11.5. The van der Waals surface area contributed by atoms with Crippen molar-refractivity contribution in [1.29, 1.82) is 0 Å². The Labute approximate surface area is 109 Å². The average Bonchev–Trinajstić information content (AvgIpc) is 2.63. The number of benzene rings is 1. The lowest BCUT2D eigenvalue weighted by atomic mass is 10.0. The van der Waals surface area contributed by atoms with Gasteiger partial charge in [-0.3, -0.25) is 0 Å². The van der Waals surface area contributed by atoms with E-state index in [2.05, 4.69) is 20.9 Å². The lowest BCUT2D eigenvalue weighted by Gasteiger charge is -2.12. The summed E-state index contributed by atoms with van der Waals surface area (Å²) in [6.45, 7) is 2.02. The summed E-state index contributed by atoms with van der Waals surface area (Å²) in [6.07, 6.45) is 3.63. The van der Waals surface area contributed by atoms with Gasteiger partial charge in [-0.1, -0.05) is 22.0 Å². The van der Waals surface area contributed by atoms with Gasteiger partial charge in [-0.05, 0) is 30.2 Å². The van der Waals surface area contributed by atoms with Crippen LogP contribution in [0.15, 0.2) is 35.1 Å². The van der Waals surface area contributed by atoms with Crippen LogP contribution in [0.5, 0.6) is 0 Å². The first-order valence-corrected chi connectivity index (χ1v) is 6.27. The van der Waals surface area contributed by atoms with Crippen molar-refractivity contribution in [2.24, 2.45) is 7.05 Å². The van der Waals surface area contributed by atoms with Crippen LogP contribution in [0.25, 0.3) is 0 Å². The van der Waals surface area contributed by atoms with Crippen LogP contribution in [0.4, 0.5) is 0 Å². The van der Waals surface area contributed by atoms with E-state index in [4.69, 9.17) is 0 Å². The molecule has 2 rings (SSSR count). The van der Waals surface area contributed by atoms with Gasteiger partial charge in [-0.15, -0.1) is 0 Å². The summed E-state index contributed by atoms with van der Waals surface area (Å²) in [5.74, 6) is 0.884. The molecule has 0 fully saturated rings. The molecule has 0 aliphatic rings. The number of aromatic nitrogens is 2. The number of imidazole rings is 1. The third-order valence-corrected chi connectivity index (χ3v) is 3.20. The summed E-state index contributed by atoms with van der Waals surface area (Å²) < 4.78 is 2.92. The molecule has 3 nitrogen and oxygen atoms in total. The number of aryl methyl sites for hydroxylation is 2. The summed E-state index contributed by atoms with van der Waals surface area (Å²) in [4.78, 5) is 4.22. The zero-order valence-electron chi connectivity index (χ0n) is 9.89. The van der Waals surface area contributed by atoms with Crippen LogP contribution in [0.2, 0.25) is 0 Å². The Bertz CT molecular complexity index is 502. The van der Waals surface area contributed by atoms with Crippen molar-refractivity contribution in [2.45, 2.75) is 19.4 Å². The molecule has 90 valence electrons. The highest BCUT2D eigenvalue weighted by atomic mass is 79.9. The summed E-state index contributed by atoms with van der Waals surface area (Å²) in [5.41, 5.74) is 2.05. The molecule has 0 saturated carbocycles. The van der Waals surface area contributed by atoms with Crippen LogP contribution >= 0.6 is 15.9 Å². The Morgan fingerprint density at radius 3 is 2.76 bits per heavy atom. The number of halogens is 1. The molecule has 0 saturated heterocycles. The Kier molecular flexibility index (Phi) is 3.64. The molecule has 1 heterocycles. The lowest BCUT2D eigenvalue weighted by Crippen LogP contribution is -2.07. The first-order valence-electron chi connectivity index (χ1n) is 5.47. The number of hydrogen-bond donors (Lipinski definition) is 1. The number of aliphatic hydroxyl groups excluding tert-OH is 1. The Morgan fingerprint density at radius 1 is 1.41 bits per heavy atom. The molecular weight excluding hydrogens is 280 g/mol. The fraction of sp³-hybridized carbons (Fsp3) is 0.308. The van der Waals surface area contributed by atoms with Gasteiger partial charge in [0, 0.05) is 30.3 Å². The van der Waals surface area contributed by atoms with Crippen molar-refractivity contribution in [3.8, 4) is 0 Å². The van der Waals surface area contributed by atoms with Crippen LogP contribution in [-0.4, -0.2) is 14.7 Å².